The van der Waals surface area contributed by atoms with Gasteiger partial charge < -0.3 is 5.11 Å². The van der Waals surface area contributed by atoms with Crippen LogP contribution in [0.15, 0.2) is 84.9 Å². The number of hydrogen-bond acceptors (Lipinski definition) is 2. The van der Waals surface area contributed by atoms with Crippen LogP contribution in [-0.2, 0) is 6.54 Å². The number of rotatable bonds is 8. The lowest BCUT2D eigenvalue weighted by Crippen LogP contribution is -2.36. The Hall–Kier alpha value is -2.49. The lowest BCUT2D eigenvalue weighted by molar-refractivity contribution is 0.0173. The summed E-state index contributed by atoms with van der Waals surface area (Å²) >= 11 is 0. The highest BCUT2D eigenvalue weighted by molar-refractivity contribution is 5.25. The zero-order valence-electron chi connectivity index (χ0n) is 17.4. The van der Waals surface area contributed by atoms with Crippen molar-refractivity contribution in [3.63, 3.8) is 0 Å². The predicted molar refractivity (Wildman–Crippen MR) is 117 cm³/mol. The monoisotopic (exact) mass is 391 g/mol. The van der Waals surface area contributed by atoms with Gasteiger partial charge in [-0.1, -0.05) is 78.9 Å². The van der Waals surface area contributed by atoms with Crippen molar-refractivity contribution in [2.45, 2.75) is 51.4 Å². The second-order valence-electron chi connectivity index (χ2n) is 8.30. The Bertz CT molecular complexity index is 889. The first-order valence-electron chi connectivity index (χ1n) is 10.2. The van der Waals surface area contributed by atoms with Gasteiger partial charge in [0.05, 0.1) is 5.60 Å². The summed E-state index contributed by atoms with van der Waals surface area (Å²) in [5.41, 5.74) is 2.01. The molecule has 1 N–H and O–H groups in total. The number of nitrogens with zero attached hydrogens (tertiary/aromatic N) is 1. The van der Waals surface area contributed by atoms with E-state index in [1.807, 2.05) is 48.5 Å². The van der Waals surface area contributed by atoms with Crippen LogP contribution in [0.3, 0.4) is 0 Å². The highest BCUT2D eigenvalue weighted by Crippen LogP contribution is 2.38. The van der Waals surface area contributed by atoms with Crippen LogP contribution in [0.1, 0.15) is 56.0 Å². The van der Waals surface area contributed by atoms with Crippen molar-refractivity contribution in [1.82, 2.24) is 4.90 Å². The Kier molecular flexibility index (Phi) is 6.83. The van der Waals surface area contributed by atoms with Crippen molar-refractivity contribution >= 4 is 0 Å². The highest BCUT2D eigenvalue weighted by atomic mass is 19.1. The Labute approximate surface area is 173 Å². The maximum atomic E-state index is 14.9. The van der Waals surface area contributed by atoms with Crippen LogP contribution in [0.2, 0.25) is 0 Å². The molecule has 0 saturated heterocycles. The minimum absolute atomic E-state index is 0.0448. The van der Waals surface area contributed by atoms with Gasteiger partial charge >= 0.3 is 0 Å². The summed E-state index contributed by atoms with van der Waals surface area (Å²) in [6, 6.07) is 27.2. The van der Waals surface area contributed by atoms with Gasteiger partial charge in [-0.2, -0.15) is 0 Å². The molecule has 0 aliphatic heterocycles. The third-order valence-electron chi connectivity index (χ3n) is 5.34. The smallest absolute Gasteiger partial charge is 0.127 e. The van der Waals surface area contributed by atoms with Crippen LogP contribution in [-0.4, -0.2) is 15.6 Å². The van der Waals surface area contributed by atoms with Gasteiger partial charge in [0, 0.05) is 24.2 Å². The van der Waals surface area contributed by atoms with E-state index in [4.69, 9.17) is 0 Å². The van der Waals surface area contributed by atoms with Crippen molar-refractivity contribution in [3.05, 3.63) is 107 Å². The largest absolute Gasteiger partial charge is 0.390 e. The summed E-state index contributed by atoms with van der Waals surface area (Å²) in [5.74, 6) is -0.236. The van der Waals surface area contributed by atoms with E-state index in [0.29, 0.717) is 18.5 Å². The normalized spacial score (nSPS) is 14.0. The van der Waals surface area contributed by atoms with E-state index < -0.39 is 5.60 Å². The lowest BCUT2D eigenvalue weighted by Gasteiger charge is -2.40. The molecule has 0 amide bonds. The Morgan fingerprint density at radius 3 is 2.00 bits per heavy atom. The lowest BCUT2D eigenvalue weighted by atomic mass is 9.90. The Balaban J connectivity index is 2.07. The standard InChI is InChI=1S/C26H30FNO/c1-20(22-14-8-5-9-15-22)28(19-21-12-6-4-7-13-21)25(18-26(2,3)29)23-16-10-11-17-24(23)27/h4-17,20,25,29H,18-19H2,1-3H3/t20-,25+/m0/s1. The van der Waals surface area contributed by atoms with E-state index >= 15 is 0 Å². The molecule has 3 aromatic rings. The summed E-state index contributed by atoms with van der Waals surface area (Å²) in [6.45, 7) is 6.38. The maximum Gasteiger partial charge on any atom is 0.127 e. The summed E-state index contributed by atoms with van der Waals surface area (Å²) < 4.78 is 14.9. The molecule has 2 atom stereocenters. The molecule has 0 bridgehead atoms. The van der Waals surface area contributed by atoms with Crippen LogP contribution < -0.4 is 0 Å². The minimum atomic E-state index is -0.932. The van der Waals surface area contributed by atoms with Crippen molar-refractivity contribution in [3.8, 4) is 0 Å². The molecule has 3 rings (SSSR count). The zero-order chi connectivity index (χ0) is 20.9. The number of hydrogen-bond donors (Lipinski definition) is 1. The quantitative estimate of drug-likeness (QED) is 0.488. The number of benzene rings is 3. The second kappa shape index (κ2) is 9.34. The maximum absolute atomic E-state index is 14.9. The molecule has 3 aromatic carbocycles. The number of aliphatic hydroxyl groups is 1. The molecule has 2 nitrogen and oxygen atoms in total. The van der Waals surface area contributed by atoms with Gasteiger partial charge in [0.25, 0.3) is 0 Å². The predicted octanol–water partition coefficient (Wildman–Crippen LogP) is 6.29. The molecule has 0 aliphatic carbocycles. The summed E-state index contributed by atoms with van der Waals surface area (Å²) in [7, 11) is 0. The zero-order valence-corrected chi connectivity index (χ0v) is 17.4. The van der Waals surface area contributed by atoms with Crippen LogP contribution in [0.25, 0.3) is 0 Å². The summed E-state index contributed by atoms with van der Waals surface area (Å²) in [6.07, 6.45) is 0.429. The highest BCUT2D eigenvalue weighted by Gasteiger charge is 2.32. The molecule has 0 heterocycles. The Morgan fingerprint density at radius 2 is 1.41 bits per heavy atom. The van der Waals surface area contributed by atoms with Gasteiger partial charge in [0.1, 0.15) is 5.82 Å². The second-order valence-corrected chi connectivity index (χ2v) is 8.30. The average Bonchev–Trinajstić information content (AvgIpc) is 2.71. The van der Waals surface area contributed by atoms with E-state index in [-0.39, 0.29) is 17.9 Å². The number of halogens is 1. The first kappa shape index (κ1) is 21.2. The molecule has 0 aliphatic rings. The fourth-order valence-electron chi connectivity index (χ4n) is 3.86. The summed E-state index contributed by atoms with van der Waals surface area (Å²) in [4.78, 5) is 2.29. The average molecular weight is 392 g/mol. The fraction of sp³-hybridized carbons (Fsp3) is 0.308. The van der Waals surface area contributed by atoms with Crippen LogP contribution in [0.4, 0.5) is 4.39 Å². The van der Waals surface area contributed by atoms with Crippen molar-refractivity contribution in [1.29, 1.82) is 0 Å². The molecule has 3 heteroatoms. The van der Waals surface area contributed by atoms with Crippen molar-refractivity contribution in [2.24, 2.45) is 0 Å². The molecule has 0 spiro atoms. The van der Waals surface area contributed by atoms with E-state index in [1.165, 1.54) is 11.6 Å². The molecule has 0 saturated carbocycles. The van der Waals surface area contributed by atoms with E-state index in [0.717, 1.165) is 5.56 Å². The molecule has 152 valence electrons. The van der Waals surface area contributed by atoms with E-state index in [1.54, 1.807) is 19.9 Å². The Morgan fingerprint density at radius 1 is 0.862 bits per heavy atom. The fourth-order valence-corrected chi connectivity index (χ4v) is 3.86. The molecule has 0 radical (unpaired) electrons. The molecular weight excluding hydrogens is 361 g/mol. The van der Waals surface area contributed by atoms with Crippen molar-refractivity contribution in [2.75, 3.05) is 0 Å². The molecule has 0 fully saturated rings. The van der Waals surface area contributed by atoms with Gasteiger partial charge in [0.15, 0.2) is 0 Å². The molecule has 0 unspecified atom stereocenters. The first-order valence-corrected chi connectivity index (χ1v) is 10.2. The van der Waals surface area contributed by atoms with Crippen LogP contribution >= 0.6 is 0 Å². The van der Waals surface area contributed by atoms with Gasteiger partial charge in [-0.3, -0.25) is 4.90 Å². The van der Waals surface area contributed by atoms with Crippen LogP contribution in [0.5, 0.6) is 0 Å². The SMILES string of the molecule is C[C@@H](c1ccccc1)N(Cc1ccccc1)[C@H](CC(C)(C)O)c1ccccc1F. The molecule has 29 heavy (non-hydrogen) atoms. The molecular formula is C26H30FNO. The summed E-state index contributed by atoms with van der Waals surface area (Å²) in [5, 5.41) is 10.7. The topological polar surface area (TPSA) is 23.5 Å². The van der Waals surface area contributed by atoms with Crippen LogP contribution in [0, 0.1) is 5.82 Å². The third-order valence-corrected chi connectivity index (χ3v) is 5.34. The third kappa shape index (κ3) is 5.75. The van der Waals surface area contributed by atoms with Gasteiger partial charge in [-0.05, 0) is 44.4 Å². The van der Waals surface area contributed by atoms with Gasteiger partial charge in [-0.15, -0.1) is 0 Å². The first-order chi connectivity index (χ1) is 13.8. The van der Waals surface area contributed by atoms with Gasteiger partial charge in [-0.25, -0.2) is 4.39 Å². The molecule has 0 aromatic heterocycles. The van der Waals surface area contributed by atoms with E-state index in [9.17, 15) is 9.50 Å². The van der Waals surface area contributed by atoms with E-state index in [2.05, 4.69) is 36.1 Å². The van der Waals surface area contributed by atoms with Crippen molar-refractivity contribution < 1.29 is 9.50 Å². The van der Waals surface area contributed by atoms with Gasteiger partial charge in [0.2, 0.25) is 0 Å². The minimum Gasteiger partial charge on any atom is -0.390 e.